The molecular formula is C24H21BrFN3OS3. The van der Waals surface area contributed by atoms with E-state index in [2.05, 4.69) is 62.4 Å². The van der Waals surface area contributed by atoms with E-state index in [0.717, 1.165) is 29.3 Å². The molecule has 0 saturated heterocycles. The van der Waals surface area contributed by atoms with Crippen LogP contribution in [0.15, 0.2) is 56.8 Å². The molecule has 0 radical (unpaired) electrons. The Kier molecular flexibility index (Phi) is 7.95. The van der Waals surface area contributed by atoms with E-state index in [0.29, 0.717) is 18.7 Å². The second kappa shape index (κ2) is 10.9. The van der Waals surface area contributed by atoms with Crippen LogP contribution in [0.5, 0.6) is 0 Å². The third-order valence-electron chi connectivity index (χ3n) is 4.89. The minimum atomic E-state index is -0.240. The molecule has 4 rings (SSSR count). The minimum absolute atomic E-state index is 0.115. The number of hydrogen-bond donors (Lipinski definition) is 1. The van der Waals surface area contributed by atoms with Gasteiger partial charge in [-0.2, -0.15) is 0 Å². The summed E-state index contributed by atoms with van der Waals surface area (Å²) in [5.74, 6) is 0.500. The summed E-state index contributed by atoms with van der Waals surface area (Å²) in [6, 6.07) is 14.9. The van der Waals surface area contributed by atoms with E-state index in [1.807, 2.05) is 6.92 Å². The molecule has 0 aliphatic heterocycles. The van der Waals surface area contributed by atoms with Crippen LogP contribution in [0.2, 0.25) is 0 Å². The van der Waals surface area contributed by atoms with Crippen LogP contribution < -0.4 is 5.32 Å². The highest BCUT2D eigenvalue weighted by atomic mass is 79.9. The lowest BCUT2D eigenvalue weighted by Gasteiger charge is -2.05. The van der Waals surface area contributed by atoms with Gasteiger partial charge in [0.1, 0.15) is 11.6 Å². The average molecular weight is 563 g/mol. The summed E-state index contributed by atoms with van der Waals surface area (Å²) >= 11 is 7.95. The molecule has 0 saturated carbocycles. The molecule has 0 aliphatic carbocycles. The van der Waals surface area contributed by atoms with Crippen molar-refractivity contribution in [2.24, 2.45) is 0 Å². The summed E-state index contributed by atoms with van der Waals surface area (Å²) in [6.45, 7) is 4.02. The largest absolute Gasteiger partial charge is 0.309 e. The summed E-state index contributed by atoms with van der Waals surface area (Å²) in [5.41, 5.74) is 4.37. The van der Waals surface area contributed by atoms with Gasteiger partial charge in [0, 0.05) is 17.7 Å². The highest BCUT2D eigenvalue weighted by molar-refractivity contribution is 9.11. The van der Waals surface area contributed by atoms with Crippen molar-refractivity contribution in [2.45, 2.75) is 31.0 Å². The number of benzene rings is 2. The normalized spacial score (nSPS) is 11.0. The summed E-state index contributed by atoms with van der Waals surface area (Å²) in [5, 5.41) is 2.95. The Morgan fingerprint density at radius 1 is 0.970 bits per heavy atom. The average Bonchev–Trinajstić information content (AvgIpc) is 3.31. The third-order valence-corrected chi connectivity index (χ3v) is 8.70. The van der Waals surface area contributed by atoms with Crippen molar-refractivity contribution in [1.29, 1.82) is 0 Å². The molecule has 33 heavy (non-hydrogen) atoms. The van der Waals surface area contributed by atoms with Crippen molar-refractivity contribution in [3.63, 3.8) is 0 Å². The van der Waals surface area contributed by atoms with Gasteiger partial charge >= 0.3 is 0 Å². The summed E-state index contributed by atoms with van der Waals surface area (Å²) in [4.78, 5) is 23.8. The molecule has 0 unspecified atom stereocenters. The number of thioether (sulfide) groups is 1. The van der Waals surface area contributed by atoms with E-state index in [1.54, 1.807) is 23.5 Å². The maximum atomic E-state index is 13.1. The summed E-state index contributed by atoms with van der Waals surface area (Å²) in [7, 11) is 0. The number of carbonyl (C=O) groups is 1. The molecule has 0 spiro atoms. The van der Waals surface area contributed by atoms with Crippen molar-refractivity contribution in [3.8, 4) is 0 Å². The molecular weight excluding hydrogens is 541 g/mol. The van der Waals surface area contributed by atoms with Crippen LogP contribution in [0.25, 0.3) is 0 Å². The van der Waals surface area contributed by atoms with E-state index >= 15 is 0 Å². The number of anilines is 1. The van der Waals surface area contributed by atoms with Crippen LogP contribution in [0.3, 0.4) is 0 Å². The zero-order valence-corrected chi connectivity index (χ0v) is 22.1. The first-order valence-corrected chi connectivity index (χ1v) is 13.6. The van der Waals surface area contributed by atoms with Gasteiger partial charge in [-0.1, -0.05) is 53.7 Å². The van der Waals surface area contributed by atoms with Gasteiger partial charge in [-0.15, -0.1) is 22.7 Å². The number of rotatable bonds is 8. The number of thiazole rings is 2. The molecule has 0 bridgehead atoms. The summed E-state index contributed by atoms with van der Waals surface area (Å²) in [6.07, 6.45) is 1.41. The maximum Gasteiger partial charge on any atom is 0.236 e. The highest BCUT2D eigenvalue weighted by Crippen LogP contribution is 2.31. The third kappa shape index (κ3) is 6.72. The van der Waals surface area contributed by atoms with Gasteiger partial charge in [-0.25, -0.2) is 14.4 Å². The van der Waals surface area contributed by atoms with E-state index in [1.165, 1.54) is 46.4 Å². The zero-order valence-electron chi connectivity index (χ0n) is 18.0. The van der Waals surface area contributed by atoms with E-state index < -0.39 is 0 Å². The molecule has 2 aromatic carbocycles. The number of nitrogens with one attached hydrogen (secondary N) is 1. The predicted molar refractivity (Wildman–Crippen MR) is 139 cm³/mol. The first-order valence-electron chi connectivity index (χ1n) is 10.2. The van der Waals surface area contributed by atoms with Crippen LogP contribution in [-0.2, 0) is 17.6 Å². The van der Waals surface area contributed by atoms with Crippen molar-refractivity contribution >= 4 is 62.1 Å². The molecule has 1 N–H and O–H groups in total. The first kappa shape index (κ1) is 24.1. The number of amides is 1. The van der Waals surface area contributed by atoms with Crippen LogP contribution in [0.1, 0.15) is 32.1 Å². The Morgan fingerprint density at radius 2 is 1.61 bits per heavy atom. The Bertz CT molecular complexity index is 1250. The molecule has 9 heteroatoms. The number of carbonyl (C=O) groups excluding carboxylic acids is 1. The number of halogens is 2. The van der Waals surface area contributed by atoms with Gasteiger partial charge in [-0.3, -0.25) is 4.79 Å². The van der Waals surface area contributed by atoms with Gasteiger partial charge in [0.25, 0.3) is 0 Å². The Labute approximate surface area is 212 Å². The standard InChI is InChI=1S/C24H21BrFN3OS3/c1-14-3-5-16(6-4-14)12-20-22(29-23(25)32-20)28-21(30)13-31-24-27-15(2)19(33-24)11-17-7-9-18(26)10-8-17/h3-10H,11-13H2,1-2H3,(H,28,30). The SMILES string of the molecule is Cc1ccc(Cc2sc(Br)nc2NC(=O)CSc2nc(C)c(Cc3ccc(F)cc3)s2)cc1. The smallest absolute Gasteiger partial charge is 0.236 e. The van der Waals surface area contributed by atoms with Crippen LogP contribution in [0, 0.1) is 19.7 Å². The molecule has 0 atom stereocenters. The van der Waals surface area contributed by atoms with Crippen molar-refractivity contribution in [3.05, 3.63) is 90.4 Å². The van der Waals surface area contributed by atoms with E-state index in [-0.39, 0.29) is 17.5 Å². The van der Waals surface area contributed by atoms with Crippen molar-refractivity contribution in [1.82, 2.24) is 9.97 Å². The lowest BCUT2D eigenvalue weighted by Crippen LogP contribution is -2.15. The maximum absolute atomic E-state index is 13.1. The zero-order chi connectivity index (χ0) is 23.4. The first-order chi connectivity index (χ1) is 15.9. The molecule has 4 aromatic rings. The molecule has 2 heterocycles. The van der Waals surface area contributed by atoms with Crippen molar-refractivity contribution < 1.29 is 9.18 Å². The molecule has 170 valence electrons. The summed E-state index contributed by atoms with van der Waals surface area (Å²) < 4.78 is 14.7. The van der Waals surface area contributed by atoms with Crippen LogP contribution in [0.4, 0.5) is 10.2 Å². The lowest BCUT2D eigenvalue weighted by molar-refractivity contribution is -0.113. The molecule has 0 aliphatic rings. The number of aromatic nitrogens is 2. The van der Waals surface area contributed by atoms with E-state index in [9.17, 15) is 9.18 Å². The fourth-order valence-electron chi connectivity index (χ4n) is 3.14. The topological polar surface area (TPSA) is 54.9 Å². The molecule has 1 amide bonds. The van der Waals surface area contributed by atoms with Gasteiger partial charge in [0.05, 0.1) is 16.3 Å². The minimum Gasteiger partial charge on any atom is -0.309 e. The number of aryl methyl sites for hydroxylation is 2. The van der Waals surface area contributed by atoms with Crippen LogP contribution in [-0.4, -0.2) is 21.6 Å². The lowest BCUT2D eigenvalue weighted by atomic mass is 10.1. The van der Waals surface area contributed by atoms with Gasteiger partial charge in [0.15, 0.2) is 8.26 Å². The number of hydrogen-bond acceptors (Lipinski definition) is 6. The Morgan fingerprint density at radius 3 is 2.30 bits per heavy atom. The molecule has 4 nitrogen and oxygen atoms in total. The Balaban J connectivity index is 1.35. The monoisotopic (exact) mass is 561 g/mol. The fourth-order valence-corrected chi connectivity index (χ4v) is 6.75. The fraction of sp³-hybridized carbons (Fsp3) is 0.208. The van der Waals surface area contributed by atoms with Gasteiger partial charge < -0.3 is 5.32 Å². The van der Waals surface area contributed by atoms with Gasteiger partial charge in [0.2, 0.25) is 5.91 Å². The quantitative estimate of drug-likeness (QED) is 0.234. The number of nitrogens with zero attached hydrogens (tertiary/aromatic N) is 2. The molecule has 0 fully saturated rings. The van der Waals surface area contributed by atoms with E-state index in [4.69, 9.17) is 0 Å². The van der Waals surface area contributed by atoms with Gasteiger partial charge in [-0.05, 0) is 53.0 Å². The second-order valence-corrected chi connectivity index (χ2v) is 12.2. The molecule has 2 aromatic heterocycles. The predicted octanol–water partition coefficient (Wildman–Crippen LogP) is 7.03. The second-order valence-electron chi connectivity index (χ2n) is 7.53. The van der Waals surface area contributed by atoms with Crippen LogP contribution >= 0.6 is 50.4 Å². The Hall–Kier alpha value is -2.07. The van der Waals surface area contributed by atoms with Crippen molar-refractivity contribution in [2.75, 3.05) is 11.1 Å². The highest BCUT2D eigenvalue weighted by Gasteiger charge is 2.15.